The summed E-state index contributed by atoms with van der Waals surface area (Å²) in [7, 11) is -2.54. The largest absolute Gasteiger partial charge is 0.490 e. The molecule has 1 aliphatic rings. The van der Waals surface area contributed by atoms with Crippen LogP contribution in [0.4, 0.5) is 9.39 Å². The number of benzene rings is 2. The van der Waals surface area contributed by atoms with Gasteiger partial charge in [0.2, 0.25) is 15.9 Å². The number of primary sulfonamides is 1. The monoisotopic (exact) mass is 572 g/mol. The number of thiophene rings is 1. The fourth-order valence-corrected chi connectivity index (χ4v) is 6.44. The Kier molecular flexibility index (Phi) is 8.99. The van der Waals surface area contributed by atoms with Crippen molar-refractivity contribution in [3.05, 3.63) is 75.4 Å². The van der Waals surface area contributed by atoms with Crippen molar-refractivity contribution < 1.29 is 27.1 Å². The maximum Gasteiger partial charge on any atom is 0.241 e. The number of nitriles is 1. The molecule has 1 aromatic heterocycles. The molecule has 4 rings (SSSR count). The van der Waals surface area contributed by atoms with Crippen LogP contribution in [0, 0.1) is 17.1 Å². The van der Waals surface area contributed by atoms with Crippen molar-refractivity contribution in [3.8, 4) is 11.8 Å². The van der Waals surface area contributed by atoms with Gasteiger partial charge in [0.1, 0.15) is 34.1 Å². The van der Waals surface area contributed by atoms with Crippen LogP contribution < -0.4 is 15.2 Å². The molecule has 39 heavy (non-hydrogen) atoms. The van der Waals surface area contributed by atoms with E-state index < -0.39 is 10.0 Å². The first kappa shape index (κ1) is 28.7. The normalized spacial score (nSPS) is 15.4. The summed E-state index contributed by atoms with van der Waals surface area (Å²) in [5.74, 6) is -0.610. The second kappa shape index (κ2) is 12.2. The number of carbonyl (C=O) groups excluding carboxylic acids is 1. The molecule has 0 spiro atoms. The molecule has 0 bridgehead atoms. The van der Waals surface area contributed by atoms with Crippen LogP contribution in [0.25, 0.3) is 0 Å². The van der Waals surface area contributed by atoms with Crippen LogP contribution in [0.2, 0.25) is 0 Å². The summed E-state index contributed by atoms with van der Waals surface area (Å²) in [4.78, 5) is 16.0. The zero-order chi connectivity index (χ0) is 28.2. The third-order valence-electron chi connectivity index (χ3n) is 6.42. The summed E-state index contributed by atoms with van der Waals surface area (Å²) in [6.45, 7) is 3.50. The average molecular weight is 573 g/mol. The van der Waals surface area contributed by atoms with Gasteiger partial charge in [-0.2, -0.15) is 5.26 Å². The highest BCUT2D eigenvalue weighted by Gasteiger charge is 2.29. The Morgan fingerprint density at radius 1 is 1.26 bits per heavy atom. The molecule has 1 atom stereocenters. The molecule has 2 heterocycles. The Bertz CT molecular complexity index is 1520. The van der Waals surface area contributed by atoms with E-state index in [1.165, 1.54) is 48.8 Å². The maximum atomic E-state index is 13.7. The summed E-state index contributed by atoms with van der Waals surface area (Å²) < 4.78 is 48.0. The third-order valence-corrected chi connectivity index (χ3v) is 8.54. The summed E-state index contributed by atoms with van der Waals surface area (Å²) in [6.07, 6.45) is 0.637. The van der Waals surface area contributed by atoms with E-state index in [9.17, 15) is 22.9 Å². The number of amides is 1. The van der Waals surface area contributed by atoms with Gasteiger partial charge in [0, 0.05) is 36.7 Å². The maximum absolute atomic E-state index is 13.7. The minimum atomic E-state index is -4.03. The molecule has 3 aromatic rings. The van der Waals surface area contributed by atoms with Crippen LogP contribution in [0.1, 0.15) is 34.1 Å². The fraction of sp³-hybridized carbons (Fsp3) is 0.333. The molecule has 1 unspecified atom stereocenters. The molecule has 0 fully saturated rings. The van der Waals surface area contributed by atoms with Gasteiger partial charge in [-0.1, -0.05) is 18.2 Å². The zero-order valence-corrected chi connectivity index (χ0v) is 23.2. The van der Waals surface area contributed by atoms with Gasteiger partial charge >= 0.3 is 0 Å². The van der Waals surface area contributed by atoms with Crippen LogP contribution >= 0.6 is 11.3 Å². The Hall–Kier alpha value is -3.34. The van der Waals surface area contributed by atoms with Crippen molar-refractivity contribution in [2.24, 2.45) is 5.14 Å². The van der Waals surface area contributed by atoms with Crippen molar-refractivity contribution in [3.63, 3.8) is 0 Å². The lowest BCUT2D eigenvalue weighted by Gasteiger charge is -2.33. The van der Waals surface area contributed by atoms with E-state index in [2.05, 4.69) is 23.2 Å². The molecule has 206 valence electrons. The quantitative estimate of drug-likeness (QED) is 0.355. The number of rotatable bonds is 10. The Balaban J connectivity index is 1.50. The number of hydrogen-bond donors (Lipinski definition) is 2. The number of nitrogens with two attached hydrogens (primary N) is 1. The molecule has 3 N–H and O–H groups in total. The zero-order valence-electron chi connectivity index (χ0n) is 21.6. The average Bonchev–Trinajstić information content (AvgIpc) is 3.19. The minimum Gasteiger partial charge on any atom is -0.490 e. The lowest BCUT2D eigenvalue weighted by atomic mass is 9.99. The van der Waals surface area contributed by atoms with E-state index >= 15 is 0 Å². The molecule has 0 saturated carbocycles. The minimum absolute atomic E-state index is 0.0385. The molecule has 9 nitrogen and oxygen atoms in total. The van der Waals surface area contributed by atoms with Gasteiger partial charge in [-0.05, 0) is 48.7 Å². The van der Waals surface area contributed by atoms with Crippen molar-refractivity contribution in [1.29, 1.82) is 5.26 Å². The van der Waals surface area contributed by atoms with Crippen LogP contribution in [-0.4, -0.2) is 45.6 Å². The summed E-state index contributed by atoms with van der Waals surface area (Å²) >= 11 is 1.39. The SMILES string of the molecule is COCCOc1cc(CC(=O)Nc2sc3c(c2C#N)CN(Cc2cccc(F)c2)C(C)C3)ccc1S(N)(=O)=O. The topological polar surface area (TPSA) is 135 Å². The molecule has 12 heteroatoms. The summed E-state index contributed by atoms with van der Waals surface area (Å²) in [5, 5.41) is 18.6. The number of sulfonamides is 1. The number of nitrogens with one attached hydrogen (secondary N) is 1. The molecular weight excluding hydrogens is 543 g/mol. The predicted octanol–water partition coefficient (Wildman–Crippen LogP) is 3.56. The van der Waals surface area contributed by atoms with Gasteiger partial charge in [-0.25, -0.2) is 17.9 Å². The summed E-state index contributed by atoms with van der Waals surface area (Å²) in [6, 6.07) is 13.2. The fourth-order valence-electron chi connectivity index (χ4n) is 4.49. The lowest BCUT2D eigenvalue weighted by molar-refractivity contribution is -0.115. The van der Waals surface area contributed by atoms with Gasteiger partial charge in [0.15, 0.2) is 0 Å². The van der Waals surface area contributed by atoms with Crippen LogP contribution in [0.5, 0.6) is 5.75 Å². The van der Waals surface area contributed by atoms with E-state index in [4.69, 9.17) is 14.6 Å². The number of ether oxygens (including phenoxy) is 2. The Morgan fingerprint density at radius 3 is 2.74 bits per heavy atom. The van der Waals surface area contributed by atoms with Crippen molar-refractivity contribution in [1.82, 2.24) is 4.90 Å². The van der Waals surface area contributed by atoms with Gasteiger partial charge in [0.05, 0.1) is 18.6 Å². The van der Waals surface area contributed by atoms with Crippen molar-refractivity contribution in [2.75, 3.05) is 25.6 Å². The van der Waals surface area contributed by atoms with Crippen LogP contribution in [0.15, 0.2) is 47.4 Å². The highest BCUT2D eigenvalue weighted by molar-refractivity contribution is 7.89. The van der Waals surface area contributed by atoms with Gasteiger partial charge in [-0.15, -0.1) is 11.3 Å². The molecule has 1 aliphatic heterocycles. The Morgan fingerprint density at radius 2 is 2.05 bits per heavy atom. The number of hydrogen-bond acceptors (Lipinski definition) is 8. The van der Waals surface area contributed by atoms with E-state index in [0.717, 1.165) is 16.0 Å². The third kappa shape index (κ3) is 7.00. The highest BCUT2D eigenvalue weighted by atomic mass is 32.2. The van der Waals surface area contributed by atoms with Gasteiger partial charge in [-0.3, -0.25) is 9.69 Å². The first-order valence-corrected chi connectivity index (χ1v) is 14.6. The first-order chi connectivity index (χ1) is 18.6. The van der Waals surface area contributed by atoms with E-state index in [-0.39, 0.29) is 48.0 Å². The highest BCUT2D eigenvalue weighted by Crippen LogP contribution is 2.39. The molecule has 0 saturated heterocycles. The van der Waals surface area contributed by atoms with Crippen molar-refractivity contribution in [2.45, 2.75) is 43.8 Å². The lowest BCUT2D eigenvalue weighted by Crippen LogP contribution is -2.37. The van der Waals surface area contributed by atoms with Gasteiger partial charge < -0.3 is 14.8 Å². The second-order valence-corrected chi connectivity index (χ2v) is 11.9. The second-order valence-electron chi connectivity index (χ2n) is 9.30. The van der Waals surface area contributed by atoms with E-state index in [1.54, 1.807) is 6.07 Å². The molecule has 1 amide bonds. The van der Waals surface area contributed by atoms with Crippen LogP contribution in [0.3, 0.4) is 0 Å². The first-order valence-electron chi connectivity index (χ1n) is 12.2. The number of carbonyl (C=O) groups is 1. The predicted molar refractivity (Wildman–Crippen MR) is 145 cm³/mol. The van der Waals surface area contributed by atoms with Crippen molar-refractivity contribution >= 4 is 32.3 Å². The molecule has 0 radical (unpaired) electrons. The Labute approximate surface area is 231 Å². The molecule has 2 aromatic carbocycles. The number of halogens is 1. The number of methoxy groups -OCH3 is 1. The standard InChI is InChI=1S/C27H29FN4O5S2/c1-17-10-24-22(16-32(17)15-19-4-3-5-20(28)11-19)21(14-29)27(38-24)31-26(33)13-18-6-7-25(39(30,34)35)23(12-18)37-9-8-36-2/h3-7,11-12,17H,8-10,13,15-16H2,1-2H3,(H,31,33)(H2,30,34,35). The smallest absolute Gasteiger partial charge is 0.241 e. The summed E-state index contributed by atoms with van der Waals surface area (Å²) in [5.41, 5.74) is 2.67. The molecular formula is C27H29FN4O5S2. The van der Waals surface area contributed by atoms with Crippen LogP contribution in [-0.2, 0) is 45.5 Å². The number of fused-ring (bicyclic) bond motifs is 1. The number of anilines is 1. The van der Waals surface area contributed by atoms with E-state index in [0.29, 0.717) is 35.6 Å². The molecule has 0 aliphatic carbocycles. The van der Waals surface area contributed by atoms with Gasteiger partial charge in [0.25, 0.3) is 0 Å². The van der Waals surface area contributed by atoms with E-state index in [1.807, 2.05) is 6.07 Å². The number of nitrogens with zero attached hydrogens (tertiary/aromatic N) is 2.